The molecule has 1 aromatic heterocycles. The lowest BCUT2D eigenvalue weighted by Gasteiger charge is -2.37. The number of benzene rings is 1. The van der Waals surface area contributed by atoms with Gasteiger partial charge in [-0.1, -0.05) is 11.6 Å². The fraction of sp³-hybridized carbons (Fsp3) is 0.333. The maximum Gasteiger partial charge on any atom is 0.408 e. The summed E-state index contributed by atoms with van der Waals surface area (Å²) in [5.74, 6) is -0.446. The van der Waals surface area contributed by atoms with E-state index in [0.29, 0.717) is 22.8 Å². The molecular weight excluding hydrogens is 309 g/mol. The standard InChI is InChI=1S/C15H15ClFN3O2/c1-8-7-19-14(9(2)20(8)15(21)22)6-13(18-19)11-4-3-10(16)5-12(11)17/h3-6,8-9H,7H2,1-2H3,(H,21,22)/t8-,9?/m1/s1. The summed E-state index contributed by atoms with van der Waals surface area (Å²) in [6.07, 6.45) is -0.966. The maximum atomic E-state index is 14.0. The minimum atomic E-state index is -0.966. The Labute approximate surface area is 131 Å². The van der Waals surface area contributed by atoms with E-state index < -0.39 is 11.9 Å². The molecule has 0 aliphatic carbocycles. The summed E-state index contributed by atoms with van der Waals surface area (Å²) >= 11 is 5.76. The van der Waals surface area contributed by atoms with Crippen LogP contribution in [0.5, 0.6) is 0 Å². The maximum absolute atomic E-state index is 14.0. The van der Waals surface area contributed by atoms with Crippen LogP contribution in [-0.2, 0) is 6.54 Å². The number of fused-ring (bicyclic) bond motifs is 1. The van der Waals surface area contributed by atoms with Gasteiger partial charge in [-0.15, -0.1) is 0 Å². The monoisotopic (exact) mass is 323 g/mol. The van der Waals surface area contributed by atoms with Crippen molar-refractivity contribution in [2.75, 3.05) is 0 Å². The molecule has 2 aromatic rings. The molecular formula is C15H15ClFN3O2. The topological polar surface area (TPSA) is 58.4 Å². The predicted molar refractivity (Wildman–Crippen MR) is 80.4 cm³/mol. The predicted octanol–water partition coefficient (Wildman–Crippen LogP) is 3.79. The van der Waals surface area contributed by atoms with E-state index in [9.17, 15) is 14.3 Å². The fourth-order valence-electron chi connectivity index (χ4n) is 2.96. The molecule has 0 radical (unpaired) electrons. The Bertz CT molecular complexity index is 746. The van der Waals surface area contributed by atoms with Crippen molar-refractivity contribution < 1.29 is 14.3 Å². The van der Waals surface area contributed by atoms with E-state index in [4.69, 9.17) is 11.6 Å². The van der Waals surface area contributed by atoms with Crippen molar-refractivity contribution in [3.8, 4) is 11.3 Å². The summed E-state index contributed by atoms with van der Waals surface area (Å²) in [6.45, 7) is 4.08. The number of hydrogen-bond acceptors (Lipinski definition) is 2. The lowest BCUT2D eigenvalue weighted by Crippen LogP contribution is -2.46. The van der Waals surface area contributed by atoms with Crippen LogP contribution < -0.4 is 0 Å². The molecule has 3 rings (SSSR count). The lowest BCUT2D eigenvalue weighted by molar-refractivity contribution is 0.0836. The van der Waals surface area contributed by atoms with E-state index in [0.717, 1.165) is 5.69 Å². The van der Waals surface area contributed by atoms with E-state index in [-0.39, 0.29) is 12.1 Å². The first-order valence-corrected chi connectivity index (χ1v) is 7.30. The van der Waals surface area contributed by atoms with Gasteiger partial charge in [0.05, 0.1) is 30.0 Å². The van der Waals surface area contributed by atoms with Crippen LogP contribution in [-0.4, -0.2) is 31.9 Å². The Balaban J connectivity index is 2.04. The van der Waals surface area contributed by atoms with Gasteiger partial charge >= 0.3 is 6.09 Å². The van der Waals surface area contributed by atoms with Gasteiger partial charge in [0.2, 0.25) is 0 Å². The Kier molecular flexibility index (Phi) is 3.56. The van der Waals surface area contributed by atoms with Gasteiger partial charge in [-0.25, -0.2) is 9.18 Å². The summed E-state index contributed by atoms with van der Waals surface area (Å²) in [4.78, 5) is 12.8. The van der Waals surface area contributed by atoms with Crippen molar-refractivity contribution in [2.24, 2.45) is 0 Å². The Hall–Kier alpha value is -2.08. The second kappa shape index (κ2) is 5.28. The minimum absolute atomic E-state index is 0.192. The third-order valence-corrected chi connectivity index (χ3v) is 4.23. The van der Waals surface area contributed by atoms with Gasteiger partial charge in [-0.2, -0.15) is 5.10 Å². The van der Waals surface area contributed by atoms with Crippen LogP contribution in [0.1, 0.15) is 25.6 Å². The number of amides is 1. The van der Waals surface area contributed by atoms with E-state index in [1.165, 1.54) is 11.0 Å². The normalized spacial score (nSPS) is 20.8. The second-order valence-electron chi connectivity index (χ2n) is 5.48. The van der Waals surface area contributed by atoms with Crippen LogP contribution in [0.25, 0.3) is 11.3 Å². The lowest BCUT2D eigenvalue weighted by atomic mass is 10.1. The van der Waals surface area contributed by atoms with Crippen molar-refractivity contribution in [2.45, 2.75) is 32.5 Å². The Morgan fingerprint density at radius 2 is 2.14 bits per heavy atom. The summed E-state index contributed by atoms with van der Waals surface area (Å²) in [6, 6.07) is 5.63. The second-order valence-corrected chi connectivity index (χ2v) is 5.91. The molecule has 1 unspecified atom stereocenters. The fourth-order valence-corrected chi connectivity index (χ4v) is 3.12. The van der Waals surface area contributed by atoms with Crippen molar-refractivity contribution in [3.05, 3.63) is 40.8 Å². The number of carboxylic acid groups (broad SMARTS) is 1. The van der Waals surface area contributed by atoms with Gasteiger partial charge in [-0.3, -0.25) is 9.58 Å². The first kappa shape index (κ1) is 14.8. The first-order chi connectivity index (χ1) is 10.4. The Morgan fingerprint density at radius 3 is 2.77 bits per heavy atom. The van der Waals surface area contributed by atoms with E-state index in [2.05, 4.69) is 5.10 Å². The molecule has 0 spiro atoms. The van der Waals surface area contributed by atoms with Gasteiger partial charge in [-0.05, 0) is 38.1 Å². The average molecular weight is 324 g/mol. The largest absolute Gasteiger partial charge is 0.465 e. The van der Waals surface area contributed by atoms with Crippen molar-refractivity contribution in [1.82, 2.24) is 14.7 Å². The van der Waals surface area contributed by atoms with Crippen LogP contribution in [0.2, 0.25) is 5.02 Å². The molecule has 7 heteroatoms. The quantitative estimate of drug-likeness (QED) is 0.868. The molecule has 22 heavy (non-hydrogen) atoms. The van der Waals surface area contributed by atoms with Crippen LogP contribution in [0.4, 0.5) is 9.18 Å². The third-order valence-electron chi connectivity index (χ3n) is 4.00. The summed E-state index contributed by atoms with van der Waals surface area (Å²) in [7, 11) is 0. The summed E-state index contributed by atoms with van der Waals surface area (Å²) in [5, 5.41) is 14.1. The van der Waals surface area contributed by atoms with Crippen LogP contribution in [0.3, 0.4) is 0 Å². The molecule has 1 aromatic carbocycles. The molecule has 2 atom stereocenters. The number of hydrogen-bond donors (Lipinski definition) is 1. The highest BCUT2D eigenvalue weighted by molar-refractivity contribution is 6.30. The highest BCUT2D eigenvalue weighted by atomic mass is 35.5. The van der Waals surface area contributed by atoms with E-state index in [1.807, 2.05) is 6.92 Å². The van der Waals surface area contributed by atoms with Crippen LogP contribution >= 0.6 is 11.6 Å². The van der Waals surface area contributed by atoms with Gasteiger partial charge in [0, 0.05) is 10.6 Å². The van der Waals surface area contributed by atoms with Gasteiger partial charge < -0.3 is 5.11 Å². The van der Waals surface area contributed by atoms with Crippen molar-refractivity contribution in [1.29, 1.82) is 0 Å². The molecule has 1 aliphatic heterocycles. The number of aromatic nitrogens is 2. The van der Waals surface area contributed by atoms with Crippen LogP contribution in [0, 0.1) is 5.82 Å². The molecule has 0 fully saturated rings. The zero-order chi connectivity index (χ0) is 16.0. The van der Waals surface area contributed by atoms with E-state index in [1.54, 1.807) is 29.8 Å². The molecule has 0 bridgehead atoms. The Morgan fingerprint density at radius 1 is 1.41 bits per heavy atom. The molecule has 1 aliphatic rings. The van der Waals surface area contributed by atoms with Crippen molar-refractivity contribution in [3.63, 3.8) is 0 Å². The molecule has 5 nitrogen and oxygen atoms in total. The molecule has 1 amide bonds. The molecule has 1 N–H and O–H groups in total. The number of carbonyl (C=O) groups is 1. The number of rotatable bonds is 1. The average Bonchev–Trinajstić information content (AvgIpc) is 2.81. The SMILES string of the molecule is CC1c2cc(-c3ccc(Cl)cc3F)nn2C[C@@H](C)N1C(=O)O. The summed E-state index contributed by atoms with van der Waals surface area (Å²) in [5.41, 5.74) is 1.59. The van der Waals surface area contributed by atoms with Crippen LogP contribution in [0.15, 0.2) is 24.3 Å². The highest BCUT2D eigenvalue weighted by Crippen LogP contribution is 2.33. The van der Waals surface area contributed by atoms with Crippen molar-refractivity contribution >= 4 is 17.7 Å². The van der Waals surface area contributed by atoms with Gasteiger partial charge in [0.1, 0.15) is 5.82 Å². The third kappa shape index (κ3) is 2.33. The first-order valence-electron chi connectivity index (χ1n) is 6.93. The minimum Gasteiger partial charge on any atom is -0.465 e. The zero-order valence-electron chi connectivity index (χ0n) is 12.1. The molecule has 0 saturated carbocycles. The number of halogens is 2. The van der Waals surface area contributed by atoms with Gasteiger partial charge in [0.25, 0.3) is 0 Å². The zero-order valence-corrected chi connectivity index (χ0v) is 12.9. The molecule has 116 valence electrons. The van der Waals surface area contributed by atoms with E-state index >= 15 is 0 Å². The molecule has 2 heterocycles. The summed E-state index contributed by atoms with van der Waals surface area (Å²) < 4.78 is 15.8. The molecule has 0 saturated heterocycles. The number of nitrogens with zero attached hydrogens (tertiary/aromatic N) is 3. The highest BCUT2D eigenvalue weighted by Gasteiger charge is 2.34. The van der Waals surface area contributed by atoms with Gasteiger partial charge in [0.15, 0.2) is 0 Å². The smallest absolute Gasteiger partial charge is 0.408 e.